The Hall–Kier alpha value is -2.01. The first kappa shape index (κ1) is 13.9. The Kier molecular flexibility index (Phi) is 3.84. The predicted molar refractivity (Wildman–Crippen MR) is 81.8 cm³/mol. The zero-order valence-electron chi connectivity index (χ0n) is 11.9. The van der Waals surface area contributed by atoms with E-state index < -0.39 is 0 Å². The summed E-state index contributed by atoms with van der Waals surface area (Å²) in [6, 6.07) is 7.38. The topological polar surface area (TPSA) is 56.3 Å². The summed E-state index contributed by atoms with van der Waals surface area (Å²) in [5.74, 6) is 3.08. The molecule has 5 nitrogen and oxygen atoms in total. The molecule has 0 unspecified atom stereocenters. The second-order valence-electron chi connectivity index (χ2n) is 5.07. The highest BCUT2D eigenvalue weighted by Crippen LogP contribution is 2.33. The zero-order chi connectivity index (χ0) is 14.8. The number of nitrogens with one attached hydrogen (secondary N) is 1. The normalized spacial score (nSPS) is 13.3. The van der Waals surface area contributed by atoms with E-state index in [1.54, 1.807) is 6.07 Å². The number of benzene rings is 1. The van der Waals surface area contributed by atoms with E-state index in [9.17, 15) is 0 Å². The molecule has 1 N–H and O–H groups in total. The molecular formula is C15H16ClN3O2. The minimum absolute atomic E-state index is 0.213. The molecule has 0 bridgehead atoms. The van der Waals surface area contributed by atoms with Gasteiger partial charge in [-0.25, -0.2) is 9.97 Å². The van der Waals surface area contributed by atoms with Crippen LogP contribution >= 0.6 is 11.6 Å². The number of anilines is 2. The summed E-state index contributed by atoms with van der Waals surface area (Å²) in [6.07, 6.45) is 0. The number of rotatable bonds is 3. The summed E-state index contributed by atoms with van der Waals surface area (Å²) in [4.78, 5) is 8.68. The minimum atomic E-state index is 0.213. The predicted octanol–water partition coefficient (Wildman–Crippen LogP) is 3.77. The van der Waals surface area contributed by atoms with Crippen LogP contribution in [0.1, 0.15) is 25.6 Å². The van der Waals surface area contributed by atoms with Crippen molar-refractivity contribution in [1.82, 2.24) is 9.97 Å². The van der Waals surface area contributed by atoms with Gasteiger partial charge in [-0.1, -0.05) is 25.4 Å². The van der Waals surface area contributed by atoms with Crippen LogP contribution < -0.4 is 14.8 Å². The summed E-state index contributed by atoms with van der Waals surface area (Å²) >= 11 is 6.04. The second kappa shape index (κ2) is 5.77. The molecule has 0 saturated carbocycles. The lowest BCUT2D eigenvalue weighted by molar-refractivity contribution is 0.171. The van der Waals surface area contributed by atoms with Crippen LogP contribution in [0, 0.1) is 0 Å². The summed E-state index contributed by atoms with van der Waals surface area (Å²) in [5, 5.41) is 3.64. The SMILES string of the molecule is CC(C)c1nc(Cl)cc(Nc2ccc3c(c2)OCCO3)n1. The van der Waals surface area contributed by atoms with Gasteiger partial charge >= 0.3 is 0 Å². The third-order valence-corrected chi connectivity index (χ3v) is 3.24. The highest BCUT2D eigenvalue weighted by atomic mass is 35.5. The van der Waals surface area contributed by atoms with E-state index in [-0.39, 0.29) is 5.92 Å². The Bertz CT molecular complexity index is 661. The molecule has 0 radical (unpaired) electrons. The fourth-order valence-corrected chi connectivity index (χ4v) is 2.22. The van der Waals surface area contributed by atoms with Crippen LogP contribution in [0.5, 0.6) is 11.5 Å². The molecular weight excluding hydrogens is 290 g/mol. The van der Waals surface area contributed by atoms with E-state index in [0.717, 1.165) is 17.2 Å². The van der Waals surface area contributed by atoms with Crippen LogP contribution in [0.15, 0.2) is 24.3 Å². The van der Waals surface area contributed by atoms with Crippen molar-refractivity contribution < 1.29 is 9.47 Å². The lowest BCUT2D eigenvalue weighted by Crippen LogP contribution is -2.15. The molecule has 0 atom stereocenters. The molecule has 110 valence electrons. The number of aromatic nitrogens is 2. The van der Waals surface area contributed by atoms with Crippen molar-refractivity contribution in [3.8, 4) is 11.5 Å². The number of fused-ring (bicyclic) bond motifs is 1. The first-order valence-corrected chi connectivity index (χ1v) is 7.21. The maximum atomic E-state index is 6.04. The van der Waals surface area contributed by atoms with Gasteiger partial charge in [0, 0.05) is 23.7 Å². The third-order valence-electron chi connectivity index (χ3n) is 3.04. The van der Waals surface area contributed by atoms with E-state index in [1.165, 1.54) is 0 Å². The van der Waals surface area contributed by atoms with Crippen LogP contribution in [0.25, 0.3) is 0 Å². The Morgan fingerprint density at radius 1 is 1.10 bits per heavy atom. The molecule has 3 rings (SSSR count). The Balaban J connectivity index is 1.86. The van der Waals surface area contributed by atoms with Crippen molar-refractivity contribution in [2.75, 3.05) is 18.5 Å². The highest BCUT2D eigenvalue weighted by molar-refractivity contribution is 6.29. The van der Waals surface area contributed by atoms with E-state index in [2.05, 4.69) is 15.3 Å². The van der Waals surface area contributed by atoms with Crippen LogP contribution in [-0.2, 0) is 0 Å². The van der Waals surface area contributed by atoms with Crippen LogP contribution in [0.4, 0.5) is 11.5 Å². The van der Waals surface area contributed by atoms with Gasteiger partial charge in [0.2, 0.25) is 0 Å². The molecule has 21 heavy (non-hydrogen) atoms. The summed E-state index contributed by atoms with van der Waals surface area (Å²) < 4.78 is 11.1. The Morgan fingerprint density at radius 3 is 2.62 bits per heavy atom. The van der Waals surface area contributed by atoms with E-state index in [1.807, 2.05) is 32.0 Å². The van der Waals surface area contributed by atoms with Gasteiger partial charge in [-0.2, -0.15) is 0 Å². The summed E-state index contributed by atoms with van der Waals surface area (Å²) in [7, 11) is 0. The molecule has 2 aromatic rings. The maximum Gasteiger partial charge on any atom is 0.163 e. The summed E-state index contributed by atoms with van der Waals surface area (Å²) in [5.41, 5.74) is 0.865. The number of hydrogen-bond acceptors (Lipinski definition) is 5. The van der Waals surface area contributed by atoms with Crippen molar-refractivity contribution in [1.29, 1.82) is 0 Å². The van der Waals surface area contributed by atoms with Gasteiger partial charge in [-0.15, -0.1) is 0 Å². The largest absolute Gasteiger partial charge is 0.486 e. The van der Waals surface area contributed by atoms with Crippen molar-refractivity contribution in [3.63, 3.8) is 0 Å². The molecule has 1 aromatic heterocycles. The second-order valence-corrected chi connectivity index (χ2v) is 5.46. The third kappa shape index (κ3) is 3.19. The molecule has 6 heteroatoms. The molecule has 0 amide bonds. The van der Waals surface area contributed by atoms with Gasteiger partial charge in [0.1, 0.15) is 30.0 Å². The van der Waals surface area contributed by atoms with Gasteiger partial charge < -0.3 is 14.8 Å². The van der Waals surface area contributed by atoms with Crippen LogP contribution in [0.2, 0.25) is 5.15 Å². The fourth-order valence-electron chi connectivity index (χ4n) is 2.03. The van der Waals surface area contributed by atoms with Crippen LogP contribution in [0.3, 0.4) is 0 Å². The lowest BCUT2D eigenvalue weighted by Gasteiger charge is -2.19. The molecule has 0 spiro atoms. The van der Waals surface area contributed by atoms with E-state index in [0.29, 0.717) is 30.0 Å². The van der Waals surface area contributed by atoms with Gasteiger partial charge in [-0.05, 0) is 12.1 Å². The Morgan fingerprint density at radius 2 is 1.86 bits per heavy atom. The number of ether oxygens (including phenoxy) is 2. The lowest BCUT2D eigenvalue weighted by atomic mass is 10.2. The van der Waals surface area contributed by atoms with Gasteiger partial charge in [-0.3, -0.25) is 0 Å². The van der Waals surface area contributed by atoms with Gasteiger partial charge in [0.15, 0.2) is 11.5 Å². The van der Waals surface area contributed by atoms with Crippen molar-refractivity contribution in [3.05, 3.63) is 35.2 Å². The summed E-state index contributed by atoms with van der Waals surface area (Å²) in [6.45, 7) is 5.20. The fraction of sp³-hybridized carbons (Fsp3) is 0.333. The van der Waals surface area contributed by atoms with Crippen molar-refractivity contribution in [2.24, 2.45) is 0 Å². The average molecular weight is 306 g/mol. The first-order valence-electron chi connectivity index (χ1n) is 6.83. The zero-order valence-corrected chi connectivity index (χ0v) is 12.6. The monoisotopic (exact) mass is 305 g/mol. The van der Waals surface area contributed by atoms with Crippen LogP contribution in [-0.4, -0.2) is 23.2 Å². The van der Waals surface area contributed by atoms with Gasteiger partial charge in [0.05, 0.1) is 0 Å². The quantitative estimate of drug-likeness (QED) is 0.875. The molecule has 0 aliphatic carbocycles. The Labute approximate surface area is 128 Å². The van der Waals surface area contributed by atoms with Gasteiger partial charge in [0.25, 0.3) is 0 Å². The smallest absolute Gasteiger partial charge is 0.163 e. The molecule has 1 aliphatic heterocycles. The van der Waals surface area contributed by atoms with Crippen molar-refractivity contribution in [2.45, 2.75) is 19.8 Å². The molecule has 2 heterocycles. The molecule has 0 fully saturated rings. The molecule has 0 saturated heterocycles. The highest BCUT2D eigenvalue weighted by Gasteiger charge is 2.12. The first-order chi connectivity index (χ1) is 10.1. The number of hydrogen-bond donors (Lipinski definition) is 1. The minimum Gasteiger partial charge on any atom is -0.486 e. The van der Waals surface area contributed by atoms with Crippen molar-refractivity contribution >= 4 is 23.1 Å². The molecule has 1 aromatic carbocycles. The average Bonchev–Trinajstić information content (AvgIpc) is 2.46. The standard InChI is InChI=1S/C15H16ClN3O2/c1-9(2)15-18-13(16)8-14(19-15)17-10-3-4-11-12(7-10)21-6-5-20-11/h3-4,7-9H,5-6H2,1-2H3,(H,17,18,19). The number of halogens is 1. The maximum absolute atomic E-state index is 6.04. The van der Waals surface area contributed by atoms with E-state index >= 15 is 0 Å². The van der Waals surface area contributed by atoms with E-state index in [4.69, 9.17) is 21.1 Å². The molecule has 1 aliphatic rings. The number of nitrogens with zero attached hydrogens (tertiary/aromatic N) is 2.